The third-order valence-corrected chi connectivity index (χ3v) is 4.89. The fourth-order valence-corrected chi connectivity index (χ4v) is 2.69. The van der Waals surface area contributed by atoms with Crippen LogP contribution >= 0.6 is 27.5 Å². The van der Waals surface area contributed by atoms with Crippen LogP contribution in [-0.4, -0.2) is 0 Å². The Morgan fingerprint density at radius 3 is 2.28 bits per heavy atom. The van der Waals surface area contributed by atoms with Crippen molar-refractivity contribution in [3.63, 3.8) is 0 Å². The van der Waals surface area contributed by atoms with Gasteiger partial charge in [-0.15, -0.1) is 0 Å². The van der Waals surface area contributed by atoms with Crippen LogP contribution in [0.3, 0.4) is 0 Å². The number of anilines is 1. The molecular formula is C20H16BrClFNO. The molecule has 25 heavy (non-hydrogen) atoms. The van der Waals surface area contributed by atoms with Gasteiger partial charge in [-0.05, 0) is 69.5 Å². The molecule has 0 unspecified atom stereocenters. The van der Waals surface area contributed by atoms with E-state index in [1.165, 1.54) is 12.1 Å². The molecule has 0 aliphatic carbocycles. The highest BCUT2D eigenvalue weighted by atomic mass is 79.9. The Morgan fingerprint density at radius 1 is 0.920 bits per heavy atom. The van der Waals surface area contributed by atoms with E-state index in [2.05, 4.69) is 21.2 Å². The summed E-state index contributed by atoms with van der Waals surface area (Å²) in [4.78, 5) is 0. The van der Waals surface area contributed by atoms with E-state index in [9.17, 15) is 4.39 Å². The van der Waals surface area contributed by atoms with Crippen molar-refractivity contribution in [2.24, 2.45) is 0 Å². The molecule has 0 saturated heterocycles. The van der Waals surface area contributed by atoms with E-state index < -0.39 is 0 Å². The van der Waals surface area contributed by atoms with Crippen LogP contribution in [-0.2, 0) is 13.2 Å². The Kier molecular flexibility index (Phi) is 5.95. The van der Waals surface area contributed by atoms with E-state index in [0.717, 1.165) is 27.0 Å². The molecule has 1 N–H and O–H groups in total. The number of rotatable bonds is 6. The molecule has 3 aromatic carbocycles. The Labute approximate surface area is 159 Å². The molecule has 0 amide bonds. The molecule has 0 heterocycles. The van der Waals surface area contributed by atoms with Crippen LogP contribution in [0.2, 0.25) is 5.02 Å². The summed E-state index contributed by atoms with van der Waals surface area (Å²) in [6.45, 7) is 1.10. The van der Waals surface area contributed by atoms with Gasteiger partial charge in [-0.25, -0.2) is 4.39 Å². The Morgan fingerprint density at radius 2 is 1.60 bits per heavy atom. The predicted octanol–water partition coefficient (Wildman–Crippen LogP) is 6.43. The van der Waals surface area contributed by atoms with E-state index in [0.29, 0.717) is 18.2 Å². The van der Waals surface area contributed by atoms with Gasteiger partial charge in [-0.3, -0.25) is 0 Å². The van der Waals surface area contributed by atoms with Crippen LogP contribution in [0, 0.1) is 5.82 Å². The molecule has 0 radical (unpaired) electrons. The molecule has 0 aliphatic heterocycles. The monoisotopic (exact) mass is 419 g/mol. The number of hydrogen-bond acceptors (Lipinski definition) is 2. The molecular weight excluding hydrogens is 405 g/mol. The van der Waals surface area contributed by atoms with E-state index in [4.69, 9.17) is 16.3 Å². The summed E-state index contributed by atoms with van der Waals surface area (Å²) < 4.78 is 19.5. The van der Waals surface area contributed by atoms with Crippen molar-refractivity contribution >= 4 is 33.2 Å². The molecule has 0 bridgehead atoms. The van der Waals surface area contributed by atoms with Gasteiger partial charge in [0, 0.05) is 16.7 Å². The summed E-state index contributed by atoms with van der Waals surface area (Å²) in [5.41, 5.74) is 3.03. The minimum atomic E-state index is -0.243. The second kappa shape index (κ2) is 8.37. The SMILES string of the molecule is Fc1ccc(COc2ccc(CNc3ccc(Br)c(Cl)c3)cc2)cc1. The second-order valence-corrected chi connectivity index (χ2v) is 6.80. The first kappa shape index (κ1) is 17.8. The molecule has 0 spiro atoms. The topological polar surface area (TPSA) is 21.3 Å². The summed E-state index contributed by atoms with van der Waals surface area (Å²) in [5.74, 6) is 0.535. The summed E-state index contributed by atoms with van der Waals surface area (Å²) >= 11 is 9.46. The zero-order chi connectivity index (χ0) is 17.6. The van der Waals surface area contributed by atoms with Gasteiger partial charge in [0.2, 0.25) is 0 Å². The van der Waals surface area contributed by atoms with Gasteiger partial charge in [0.15, 0.2) is 0 Å². The van der Waals surface area contributed by atoms with Gasteiger partial charge >= 0.3 is 0 Å². The molecule has 128 valence electrons. The Hall–Kier alpha value is -2.04. The third kappa shape index (κ3) is 5.21. The van der Waals surface area contributed by atoms with Crippen LogP contribution in [0.15, 0.2) is 71.2 Å². The normalized spacial score (nSPS) is 10.5. The zero-order valence-electron chi connectivity index (χ0n) is 13.3. The average Bonchev–Trinajstić information content (AvgIpc) is 2.63. The minimum absolute atomic E-state index is 0.243. The Bertz CT molecular complexity index is 837. The number of benzene rings is 3. The molecule has 0 fully saturated rings. The molecule has 0 aliphatic rings. The van der Waals surface area contributed by atoms with Crippen molar-refractivity contribution in [2.75, 3.05) is 5.32 Å². The predicted molar refractivity (Wildman–Crippen MR) is 104 cm³/mol. The number of hydrogen-bond donors (Lipinski definition) is 1. The van der Waals surface area contributed by atoms with Gasteiger partial charge in [0.25, 0.3) is 0 Å². The maximum Gasteiger partial charge on any atom is 0.123 e. The second-order valence-electron chi connectivity index (χ2n) is 5.54. The fourth-order valence-electron chi connectivity index (χ4n) is 2.26. The first-order valence-electron chi connectivity index (χ1n) is 7.75. The van der Waals surface area contributed by atoms with E-state index in [1.54, 1.807) is 12.1 Å². The zero-order valence-corrected chi connectivity index (χ0v) is 15.6. The van der Waals surface area contributed by atoms with E-state index >= 15 is 0 Å². The fraction of sp³-hybridized carbons (Fsp3) is 0.100. The Balaban J connectivity index is 1.53. The van der Waals surface area contributed by atoms with Crippen LogP contribution in [0.1, 0.15) is 11.1 Å². The first-order valence-corrected chi connectivity index (χ1v) is 8.92. The highest BCUT2D eigenvalue weighted by molar-refractivity contribution is 9.10. The number of nitrogens with one attached hydrogen (secondary N) is 1. The molecule has 5 heteroatoms. The van der Waals surface area contributed by atoms with Crippen molar-refractivity contribution in [2.45, 2.75) is 13.2 Å². The van der Waals surface area contributed by atoms with Gasteiger partial charge < -0.3 is 10.1 Å². The highest BCUT2D eigenvalue weighted by Gasteiger charge is 2.01. The van der Waals surface area contributed by atoms with Crippen molar-refractivity contribution in [3.8, 4) is 5.75 Å². The lowest BCUT2D eigenvalue weighted by Crippen LogP contribution is -2.00. The quantitative estimate of drug-likeness (QED) is 0.496. The smallest absolute Gasteiger partial charge is 0.123 e. The summed E-state index contributed by atoms with van der Waals surface area (Å²) in [6, 6.07) is 19.9. The van der Waals surface area contributed by atoms with Crippen LogP contribution in [0.4, 0.5) is 10.1 Å². The van der Waals surface area contributed by atoms with Crippen LogP contribution < -0.4 is 10.1 Å². The molecule has 2 nitrogen and oxygen atoms in total. The molecule has 0 saturated carbocycles. The van der Waals surface area contributed by atoms with Gasteiger partial charge in [-0.1, -0.05) is 35.9 Å². The lowest BCUT2D eigenvalue weighted by molar-refractivity contribution is 0.306. The standard InChI is InChI=1S/C20H16BrClFNO/c21-19-10-7-17(11-20(19)22)24-12-14-3-8-18(9-4-14)25-13-15-1-5-16(23)6-2-15/h1-11,24H,12-13H2. The lowest BCUT2D eigenvalue weighted by Gasteiger charge is -2.10. The average molecular weight is 421 g/mol. The maximum absolute atomic E-state index is 12.9. The molecule has 3 aromatic rings. The van der Waals surface area contributed by atoms with Crippen LogP contribution in [0.25, 0.3) is 0 Å². The first-order chi connectivity index (χ1) is 12.1. The largest absolute Gasteiger partial charge is 0.489 e. The number of ether oxygens (including phenoxy) is 1. The lowest BCUT2D eigenvalue weighted by atomic mass is 10.2. The summed E-state index contributed by atoms with van der Waals surface area (Å²) in [5, 5.41) is 4.01. The maximum atomic E-state index is 12.9. The molecule has 0 aromatic heterocycles. The minimum Gasteiger partial charge on any atom is -0.489 e. The van der Waals surface area contributed by atoms with Gasteiger partial charge in [0.05, 0.1) is 5.02 Å². The van der Waals surface area contributed by atoms with Crippen molar-refractivity contribution in [3.05, 3.63) is 93.2 Å². The van der Waals surface area contributed by atoms with Crippen LogP contribution in [0.5, 0.6) is 5.75 Å². The number of halogens is 3. The molecule has 0 atom stereocenters. The van der Waals surface area contributed by atoms with Crippen molar-refractivity contribution in [1.29, 1.82) is 0 Å². The summed E-state index contributed by atoms with van der Waals surface area (Å²) in [7, 11) is 0. The van der Waals surface area contributed by atoms with E-state index in [1.807, 2.05) is 42.5 Å². The third-order valence-electron chi connectivity index (χ3n) is 3.66. The van der Waals surface area contributed by atoms with Gasteiger partial charge in [-0.2, -0.15) is 0 Å². The van der Waals surface area contributed by atoms with Gasteiger partial charge in [0.1, 0.15) is 18.2 Å². The van der Waals surface area contributed by atoms with E-state index in [-0.39, 0.29) is 5.82 Å². The highest BCUT2D eigenvalue weighted by Crippen LogP contribution is 2.26. The summed E-state index contributed by atoms with van der Waals surface area (Å²) in [6.07, 6.45) is 0. The van der Waals surface area contributed by atoms with Crippen molar-refractivity contribution < 1.29 is 9.13 Å². The molecule has 3 rings (SSSR count). The van der Waals surface area contributed by atoms with Crippen molar-refractivity contribution in [1.82, 2.24) is 0 Å².